The number of methoxy groups -OCH3 is 1. The van der Waals surface area contributed by atoms with Crippen molar-refractivity contribution in [1.82, 2.24) is 0 Å². The van der Waals surface area contributed by atoms with Crippen molar-refractivity contribution in [1.29, 1.82) is 0 Å². The summed E-state index contributed by atoms with van der Waals surface area (Å²) in [5.74, 6) is -0.504. The van der Waals surface area contributed by atoms with E-state index in [1.54, 1.807) is 29.2 Å². The fraction of sp³-hybridized carbons (Fsp3) is 0.333. The van der Waals surface area contributed by atoms with Crippen LogP contribution in [0.4, 0.5) is 18.9 Å². The summed E-state index contributed by atoms with van der Waals surface area (Å²) in [6, 6.07) is 11.6. The molecule has 33 heavy (non-hydrogen) atoms. The SMILES string of the molecule is COc1ccccc1CC(=O)N=C1S[C@H]2CS(=O)(=O)C[C@@H]2N1c1ccc(OC(F)(F)F)cc1. The first kappa shape index (κ1) is 23.4. The molecule has 2 aromatic rings. The number of amides is 1. The lowest BCUT2D eigenvalue weighted by atomic mass is 10.1. The van der Waals surface area contributed by atoms with E-state index in [0.29, 0.717) is 22.2 Å². The van der Waals surface area contributed by atoms with E-state index in [2.05, 4.69) is 9.73 Å². The van der Waals surface area contributed by atoms with Crippen molar-refractivity contribution < 1.29 is 35.9 Å². The van der Waals surface area contributed by atoms with Gasteiger partial charge in [-0.1, -0.05) is 30.0 Å². The zero-order valence-electron chi connectivity index (χ0n) is 17.3. The van der Waals surface area contributed by atoms with Gasteiger partial charge in [0.25, 0.3) is 5.91 Å². The van der Waals surface area contributed by atoms with Crippen molar-refractivity contribution in [2.75, 3.05) is 23.5 Å². The Bertz CT molecular complexity index is 1180. The smallest absolute Gasteiger partial charge is 0.496 e. The van der Waals surface area contributed by atoms with Crippen LogP contribution in [0.2, 0.25) is 0 Å². The topological polar surface area (TPSA) is 85.3 Å². The van der Waals surface area contributed by atoms with Gasteiger partial charge < -0.3 is 14.4 Å². The number of ether oxygens (including phenoxy) is 2. The lowest BCUT2D eigenvalue weighted by Crippen LogP contribution is -2.37. The summed E-state index contributed by atoms with van der Waals surface area (Å²) < 4.78 is 70.9. The highest BCUT2D eigenvalue weighted by Gasteiger charge is 2.49. The molecular formula is C21H19F3N2O5S2. The highest BCUT2D eigenvalue weighted by Crippen LogP contribution is 2.41. The van der Waals surface area contributed by atoms with Gasteiger partial charge >= 0.3 is 6.36 Å². The summed E-state index contributed by atoms with van der Waals surface area (Å²) in [4.78, 5) is 18.6. The zero-order chi connectivity index (χ0) is 23.8. The molecule has 0 bridgehead atoms. The summed E-state index contributed by atoms with van der Waals surface area (Å²) in [6.07, 6.45) is -4.85. The molecule has 2 fully saturated rings. The van der Waals surface area contributed by atoms with Gasteiger partial charge in [-0.15, -0.1) is 13.2 Å². The number of fused-ring (bicyclic) bond motifs is 1. The average Bonchev–Trinajstić information content (AvgIpc) is 3.18. The molecule has 0 saturated carbocycles. The summed E-state index contributed by atoms with van der Waals surface area (Å²) in [5.41, 5.74) is 1.07. The summed E-state index contributed by atoms with van der Waals surface area (Å²) in [7, 11) is -1.78. The first-order valence-corrected chi connectivity index (χ1v) is 12.5. The second kappa shape index (κ2) is 8.90. The molecule has 2 heterocycles. The number of anilines is 1. The third-order valence-corrected chi connectivity index (χ3v) is 8.38. The second-order valence-electron chi connectivity index (χ2n) is 7.49. The fourth-order valence-electron chi connectivity index (χ4n) is 3.83. The molecule has 2 aliphatic rings. The van der Waals surface area contributed by atoms with E-state index in [1.807, 2.05) is 0 Å². The van der Waals surface area contributed by atoms with Gasteiger partial charge in [0, 0.05) is 16.5 Å². The van der Waals surface area contributed by atoms with E-state index in [0.717, 1.165) is 12.1 Å². The van der Waals surface area contributed by atoms with Gasteiger partial charge in [0.05, 0.1) is 31.1 Å². The van der Waals surface area contributed by atoms with Crippen molar-refractivity contribution in [3.8, 4) is 11.5 Å². The molecule has 0 aromatic heterocycles. The minimum atomic E-state index is -4.83. The standard InChI is InChI=1S/C21H19F3N2O5S2/c1-30-17-5-3-2-4-13(17)10-19(27)25-20-26(16-11-33(28,29)12-18(16)32-20)14-6-8-15(9-7-14)31-21(22,23)24/h2-9,16,18H,10-12H2,1H3/t16-,18-/m0/s1. The molecule has 2 aliphatic heterocycles. The number of halogens is 3. The van der Waals surface area contributed by atoms with Crippen molar-refractivity contribution in [3.63, 3.8) is 0 Å². The van der Waals surface area contributed by atoms with Crippen molar-refractivity contribution in [3.05, 3.63) is 54.1 Å². The average molecular weight is 501 g/mol. The Morgan fingerprint density at radius 3 is 2.52 bits per heavy atom. The molecule has 0 spiro atoms. The second-order valence-corrected chi connectivity index (χ2v) is 10.8. The predicted octanol–water partition coefficient (Wildman–Crippen LogP) is 3.44. The molecule has 0 aliphatic carbocycles. The summed E-state index contributed by atoms with van der Waals surface area (Å²) in [6.45, 7) is 0. The number of nitrogens with zero attached hydrogens (tertiary/aromatic N) is 2. The Morgan fingerprint density at radius 2 is 1.85 bits per heavy atom. The molecule has 0 unspecified atom stereocenters. The molecule has 2 saturated heterocycles. The van der Waals surface area contributed by atoms with Crippen LogP contribution in [0.5, 0.6) is 11.5 Å². The van der Waals surface area contributed by atoms with Crippen LogP contribution in [0.15, 0.2) is 53.5 Å². The maximum absolute atomic E-state index is 12.7. The van der Waals surface area contributed by atoms with Crippen LogP contribution in [0.1, 0.15) is 5.56 Å². The first-order valence-electron chi connectivity index (χ1n) is 9.80. The van der Waals surface area contributed by atoms with Crippen LogP contribution >= 0.6 is 11.8 Å². The van der Waals surface area contributed by atoms with Gasteiger partial charge in [-0.3, -0.25) is 4.79 Å². The zero-order valence-corrected chi connectivity index (χ0v) is 18.9. The number of para-hydroxylation sites is 1. The highest BCUT2D eigenvalue weighted by molar-refractivity contribution is 8.16. The molecule has 0 N–H and O–H groups in total. The number of hydrogen-bond acceptors (Lipinski definition) is 6. The maximum Gasteiger partial charge on any atom is 0.573 e. The number of thioether (sulfide) groups is 1. The number of amidine groups is 1. The van der Waals surface area contributed by atoms with E-state index in [-0.39, 0.29) is 23.2 Å². The van der Waals surface area contributed by atoms with Crippen LogP contribution in [0.3, 0.4) is 0 Å². The van der Waals surface area contributed by atoms with Crippen molar-refractivity contribution in [2.45, 2.75) is 24.1 Å². The minimum absolute atomic E-state index is 0.0199. The molecule has 7 nitrogen and oxygen atoms in total. The Morgan fingerprint density at radius 1 is 1.15 bits per heavy atom. The predicted molar refractivity (Wildman–Crippen MR) is 119 cm³/mol. The van der Waals surface area contributed by atoms with Gasteiger partial charge in [-0.05, 0) is 30.3 Å². The van der Waals surface area contributed by atoms with E-state index in [4.69, 9.17) is 4.74 Å². The molecule has 2 aromatic carbocycles. The van der Waals surface area contributed by atoms with E-state index in [1.165, 1.54) is 31.0 Å². The lowest BCUT2D eigenvalue weighted by Gasteiger charge is -2.24. The van der Waals surface area contributed by atoms with E-state index in [9.17, 15) is 26.4 Å². The number of aliphatic imine (C=N–C) groups is 1. The van der Waals surface area contributed by atoms with Crippen LogP contribution in [-0.2, 0) is 21.1 Å². The van der Waals surface area contributed by atoms with E-state index >= 15 is 0 Å². The molecular weight excluding hydrogens is 481 g/mol. The van der Waals surface area contributed by atoms with Crippen LogP contribution in [0.25, 0.3) is 0 Å². The Labute approximate surface area is 192 Å². The Hall–Kier alpha value is -2.73. The monoisotopic (exact) mass is 500 g/mol. The number of hydrogen-bond donors (Lipinski definition) is 0. The number of carbonyl (C=O) groups excluding carboxylic acids is 1. The summed E-state index contributed by atoms with van der Waals surface area (Å²) >= 11 is 1.18. The lowest BCUT2D eigenvalue weighted by molar-refractivity contribution is -0.274. The Kier molecular flexibility index (Phi) is 6.32. The summed E-state index contributed by atoms with van der Waals surface area (Å²) in [5, 5.41) is -0.0248. The van der Waals surface area contributed by atoms with Crippen LogP contribution < -0.4 is 14.4 Å². The molecule has 1 amide bonds. The van der Waals surface area contributed by atoms with Crippen LogP contribution in [-0.4, -0.2) is 55.8 Å². The molecule has 176 valence electrons. The third kappa shape index (κ3) is 5.44. The van der Waals surface area contributed by atoms with Gasteiger partial charge in [0.1, 0.15) is 11.5 Å². The van der Waals surface area contributed by atoms with Gasteiger partial charge in [0.2, 0.25) is 0 Å². The normalized spacial score (nSPS) is 22.9. The van der Waals surface area contributed by atoms with Gasteiger partial charge in [-0.2, -0.15) is 4.99 Å². The largest absolute Gasteiger partial charge is 0.573 e. The molecule has 4 rings (SSSR count). The van der Waals surface area contributed by atoms with Gasteiger partial charge in [-0.25, -0.2) is 8.42 Å². The first-order chi connectivity index (χ1) is 15.5. The Balaban J connectivity index is 1.62. The fourth-order valence-corrected chi connectivity index (χ4v) is 7.76. The number of sulfone groups is 1. The van der Waals surface area contributed by atoms with Crippen molar-refractivity contribution in [2.24, 2.45) is 4.99 Å². The maximum atomic E-state index is 12.7. The highest BCUT2D eigenvalue weighted by atomic mass is 32.2. The quantitative estimate of drug-likeness (QED) is 0.622. The minimum Gasteiger partial charge on any atom is -0.496 e. The van der Waals surface area contributed by atoms with Crippen LogP contribution in [0, 0.1) is 0 Å². The van der Waals surface area contributed by atoms with Crippen molar-refractivity contribution >= 4 is 38.4 Å². The van der Waals surface area contributed by atoms with E-state index < -0.39 is 33.9 Å². The number of rotatable bonds is 5. The number of carbonyl (C=O) groups is 1. The third-order valence-electron chi connectivity index (χ3n) is 5.17. The molecule has 0 radical (unpaired) electrons. The number of alkyl halides is 3. The van der Waals surface area contributed by atoms with Gasteiger partial charge in [0.15, 0.2) is 15.0 Å². The molecule has 12 heteroatoms. The number of benzene rings is 2. The molecule has 2 atom stereocenters.